The zero-order chi connectivity index (χ0) is 21.7. The number of thiazole rings is 1. The summed E-state index contributed by atoms with van der Waals surface area (Å²) in [6.45, 7) is 0.299. The lowest BCUT2D eigenvalue weighted by molar-refractivity contribution is -0.119. The Morgan fingerprint density at radius 2 is 1.93 bits per heavy atom. The van der Waals surface area contributed by atoms with E-state index in [0.717, 1.165) is 29.5 Å². The third-order valence-electron chi connectivity index (χ3n) is 4.41. The normalized spacial score (nSPS) is 15.4. The number of ether oxygens (including phenoxy) is 1. The highest BCUT2D eigenvalue weighted by Crippen LogP contribution is 2.28. The lowest BCUT2D eigenvalue weighted by Gasteiger charge is -2.21. The number of benzene rings is 1. The van der Waals surface area contributed by atoms with Gasteiger partial charge in [0.25, 0.3) is 5.91 Å². The summed E-state index contributed by atoms with van der Waals surface area (Å²) in [5.41, 5.74) is -0.00223. The maximum Gasteiger partial charge on any atom is 0.338 e. The fraction of sp³-hybridized carbons (Fsp3) is 0.389. The van der Waals surface area contributed by atoms with Crippen molar-refractivity contribution < 1.29 is 22.7 Å². The minimum Gasteiger partial charge on any atom is -0.452 e. The van der Waals surface area contributed by atoms with Crippen molar-refractivity contribution in [1.29, 1.82) is 0 Å². The predicted octanol–water partition coefficient (Wildman–Crippen LogP) is 3.92. The van der Waals surface area contributed by atoms with Crippen LogP contribution in [0, 0.1) is 0 Å². The Bertz CT molecular complexity index is 1040. The summed E-state index contributed by atoms with van der Waals surface area (Å²) in [7, 11) is -3.84. The number of halogens is 2. The first-order chi connectivity index (χ1) is 14.3. The average molecular weight is 537 g/mol. The van der Waals surface area contributed by atoms with Crippen LogP contribution >= 0.6 is 38.9 Å². The fourth-order valence-corrected chi connectivity index (χ4v) is 6.07. The molecule has 0 atom stereocenters. The second kappa shape index (κ2) is 10.2. The average Bonchev–Trinajstić information content (AvgIpc) is 2.94. The summed E-state index contributed by atoms with van der Waals surface area (Å²) in [6.07, 6.45) is 5.05. The van der Waals surface area contributed by atoms with Gasteiger partial charge in [-0.1, -0.05) is 35.8 Å². The van der Waals surface area contributed by atoms with Crippen LogP contribution in [0.5, 0.6) is 0 Å². The summed E-state index contributed by atoms with van der Waals surface area (Å²) >= 11 is 10.6. The van der Waals surface area contributed by atoms with Crippen molar-refractivity contribution in [3.63, 3.8) is 0 Å². The number of carbonyl (C=O) groups excluding carboxylic acids is 2. The quantitative estimate of drug-likeness (QED) is 0.561. The minimum atomic E-state index is -3.84. The molecule has 1 N–H and O–H groups in total. The molecule has 1 aromatic carbocycles. The van der Waals surface area contributed by atoms with Crippen molar-refractivity contribution in [2.45, 2.75) is 30.6 Å². The fourth-order valence-electron chi connectivity index (χ4n) is 2.93. The van der Waals surface area contributed by atoms with Crippen LogP contribution in [0.4, 0.5) is 5.13 Å². The largest absolute Gasteiger partial charge is 0.452 e. The van der Waals surface area contributed by atoms with Crippen LogP contribution < -0.4 is 5.32 Å². The first-order valence-electron chi connectivity index (χ1n) is 9.15. The van der Waals surface area contributed by atoms with E-state index in [2.05, 4.69) is 26.2 Å². The van der Waals surface area contributed by atoms with E-state index in [9.17, 15) is 18.0 Å². The number of rotatable bonds is 6. The van der Waals surface area contributed by atoms with Gasteiger partial charge in [-0.05, 0) is 47.0 Å². The molecular weight excluding hydrogens is 518 g/mol. The summed E-state index contributed by atoms with van der Waals surface area (Å²) in [4.78, 5) is 28.1. The van der Waals surface area contributed by atoms with Gasteiger partial charge in [0.15, 0.2) is 11.7 Å². The second-order valence-electron chi connectivity index (χ2n) is 6.56. The topological polar surface area (TPSA) is 106 Å². The molecule has 3 rings (SSSR count). The standard InChI is InChI=1S/C18H19BrClN3O5S2/c19-15-10-21-18(29-15)22-16(24)11-28-17(25)12-5-6-13(20)14(9-12)30(26,27)23-7-3-1-2-4-8-23/h5-6,9-10H,1-4,7-8,11H2,(H,21,22,24). The second-order valence-corrected chi connectivity index (χ2v) is 11.3. The maximum absolute atomic E-state index is 13.0. The van der Waals surface area contributed by atoms with Gasteiger partial charge >= 0.3 is 5.97 Å². The molecule has 12 heteroatoms. The first kappa shape index (κ1) is 23.1. The number of carbonyl (C=O) groups is 2. The van der Waals surface area contributed by atoms with Gasteiger partial charge in [0, 0.05) is 13.1 Å². The van der Waals surface area contributed by atoms with Gasteiger partial charge in [-0.3, -0.25) is 10.1 Å². The minimum absolute atomic E-state index is 0.00223. The lowest BCUT2D eigenvalue weighted by Crippen LogP contribution is -2.32. The molecule has 1 amide bonds. The molecule has 0 bridgehead atoms. The smallest absolute Gasteiger partial charge is 0.338 e. The molecule has 1 aliphatic heterocycles. The Morgan fingerprint density at radius 3 is 2.57 bits per heavy atom. The van der Waals surface area contributed by atoms with E-state index in [-0.39, 0.29) is 15.5 Å². The highest BCUT2D eigenvalue weighted by atomic mass is 79.9. The number of nitrogens with zero attached hydrogens (tertiary/aromatic N) is 2. The van der Waals surface area contributed by atoms with E-state index >= 15 is 0 Å². The molecule has 30 heavy (non-hydrogen) atoms. The molecule has 1 aromatic heterocycles. The highest BCUT2D eigenvalue weighted by Gasteiger charge is 2.28. The highest BCUT2D eigenvalue weighted by molar-refractivity contribution is 9.11. The van der Waals surface area contributed by atoms with Crippen molar-refractivity contribution in [3.8, 4) is 0 Å². The van der Waals surface area contributed by atoms with E-state index in [4.69, 9.17) is 16.3 Å². The number of sulfonamides is 1. The van der Waals surface area contributed by atoms with Crippen molar-refractivity contribution >= 4 is 65.9 Å². The van der Waals surface area contributed by atoms with E-state index in [0.29, 0.717) is 18.2 Å². The molecule has 0 aliphatic carbocycles. The monoisotopic (exact) mass is 535 g/mol. The Morgan fingerprint density at radius 1 is 1.23 bits per heavy atom. The van der Waals surface area contributed by atoms with Gasteiger partial charge in [-0.15, -0.1) is 0 Å². The molecule has 0 spiro atoms. The molecular formula is C18H19BrClN3O5S2. The van der Waals surface area contributed by atoms with Crippen molar-refractivity contribution in [2.75, 3.05) is 25.0 Å². The van der Waals surface area contributed by atoms with Gasteiger partial charge < -0.3 is 4.74 Å². The Balaban J connectivity index is 1.69. The van der Waals surface area contributed by atoms with Gasteiger partial charge in [0.2, 0.25) is 10.0 Å². The van der Waals surface area contributed by atoms with E-state index in [1.54, 1.807) is 0 Å². The van der Waals surface area contributed by atoms with Crippen LogP contribution in [0.1, 0.15) is 36.0 Å². The van der Waals surface area contributed by atoms with Gasteiger partial charge in [-0.2, -0.15) is 4.31 Å². The Hall–Kier alpha value is -1.53. The number of esters is 1. The third kappa shape index (κ3) is 5.79. The lowest BCUT2D eigenvalue weighted by atomic mass is 10.2. The zero-order valence-electron chi connectivity index (χ0n) is 15.8. The van der Waals surface area contributed by atoms with Crippen molar-refractivity contribution in [3.05, 3.63) is 38.8 Å². The SMILES string of the molecule is O=C(COC(=O)c1ccc(Cl)c(S(=O)(=O)N2CCCCCC2)c1)Nc1ncc(Br)s1. The molecule has 2 heterocycles. The van der Waals surface area contributed by atoms with Crippen LogP contribution in [0.15, 0.2) is 33.1 Å². The molecule has 0 saturated carbocycles. The molecule has 0 radical (unpaired) electrons. The third-order valence-corrected chi connectivity index (χ3v) is 8.18. The van der Waals surface area contributed by atoms with Crippen LogP contribution in [0.25, 0.3) is 0 Å². The summed E-state index contributed by atoms with van der Waals surface area (Å²) < 4.78 is 33.2. The predicted molar refractivity (Wildman–Crippen MR) is 117 cm³/mol. The summed E-state index contributed by atoms with van der Waals surface area (Å²) in [5, 5.41) is 2.89. The van der Waals surface area contributed by atoms with Gasteiger partial charge in [0.1, 0.15) is 4.90 Å². The molecule has 1 aliphatic rings. The molecule has 2 aromatic rings. The Labute approximate surface area is 191 Å². The summed E-state index contributed by atoms with van der Waals surface area (Å²) in [6, 6.07) is 3.90. The van der Waals surface area contributed by atoms with Crippen LogP contribution in [0.2, 0.25) is 5.02 Å². The maximum atomic E-state index is 13.0. The van der Waals surface area contributed by atoms with Gasteiger partial charge in [-0.25, -0.2) is 18.2 Å². The van der Waals surface area contributed by atoms with Crippen LogP contribution in [-0.2, 0) is 19.6 Å². The molecule has 0 unspecified atom stereocenters. The van der Waals surface area contributed by atoms with Crippen molar-refractivity contribution in [2.24, 2.45) is 0 Å². The zero-order valence-corrected chi connectivity index (χ0v) is 19.7. The molecule has 162 valence electrons. The van der Waals surface area contributed by atoms with Crippen LogP contribution in [0.3, 0.4) is 0 Å². The number of hydrogen-bond donors (Lipinski definition) is 1. The summed E-state index contributed by atoms with van der Waals surface area (Å²) in [5.74, 6) is -1.38. The Kier molecular flexibility index (Phi) is 7.86. The first-order valence-corrected chi connectivity index (χ1v) is 12.6. The van der Waals surface area contributed by atoms with E-state index in [1.807, 2.05) is 0 Å². The van der Waals surface area contributed by atoms with Crippen LogP contribution in [-0.4, -0.2) is 49.3 Å². The number of nitrogens with one attached hydrogen (secondary N) is 1. The molecule has 8 nitrogen and oxygen atoms in total. The number of aromatic nitrogens is 1. The van der Waals surface area contributed by atoms with Crippen molar-refractivity contribution in [1.82, 2.24) is 9.29 Å². The number of amides is 1. The van der Waals surface area contributed by atoms with Gasteiger partial charge in [0.05, 0.1) is 20.6 Å². The number of hydrogen-bond acceptors (Lipinski definition) is 7. The molecule has 1 saturated heterocycles. The number of anilines is 1. The van der Waals surface area contributed by atoms with E-state index in [1.165, 1.54) is 40.0 Å². The molecule has 1 fully saturated rings. The van der Waals surface area contributed by atoms with E-state index < -0.39 is 28.5 Å².